The molecule has 112 valence electrons. The van der Waals surface area contributed by atoms with E-state index in [1.54, 1.807) is 7.11 Å². The summed E-state index contributed by atoms with van der Waals surface area (Å²) in [6, 6.07) is 8.06. The Balaban J connectivity index is 2.58. The largest absolute Gasteiger partial charge is 0.497 e. The molecule has 0 fully saturated rings. The predicted octanol–water partition coefficient (Wildman–Crippen LogP) is 2.56. The fourth-order valence-corrected chi connectivity index (χ4v) is 2.03. The zero-order valence-corrected chi connectivity index (χ0v) is 12.6. The lowest BCUT2D eigenvalue weighted by Gasteiger charge is -2.18. The molecular formula is C16H25NO3. The van der Waals surface area contributed by atoms with Crippen LogP contribution in [0.5, 0.6) is 5.75 Å². The number of methoxy groups -OCH3 is 2. The Morgan fingerprint density at radius 1 is 1.25 bits per heavy atom. The van der Waals surface area contributed by atoms with Gasteiger partial charge >= 0.3 is 5.97 Å². The lowest BCUT2D eigenvalue weighted by atomic mass is 10.0. The second kappa shape index (κ2) is 9.37. The van der Waals surface area contributed by atoms with Gasteiger partial charge in [0.1, 0.15) is 5.75 Å². The fourth-order valence-electron chi connectivity index (χ4n) is 2.03. The summed E-state index contributed by atoms with van der Waals surface area (Å²) in [5, 5.41) is 3.43. The highest BCUT2D eigenvalue weighted by molar-refractivity contribution is 5.70. The molecule has 4 heteroatoms. The van der Waals surface area contributed by atoms with Crippen molar-refractivity contribution in [2.24, 2.45) is 0 Å². The lowest BCUT2D eigenvalue weighted by molar-refractivity contribution is -0.141. The predicted molar refractivity (Wildman–Crippen MR) is 80.0 cm³/mol. The second-order valence-corrected chi connectivity index (χ2v) is 4.84. The Morgan fingerprint density at radius 2 is 1.95 bits per heavy atom. The molecule has 0 aliphatic rings. The summed E-state index contributed by atoms with van der Waals surface area (Å²) in [5.74, 6) is 0.671. The molecule has 1 N–H and O–H groups in total. The molecular weight excluding hydrogens is 254 g/mol. The molecule has 0 amide bonds. The van der Waals surface area contributed by atoms with Crippen LogP contribution in [0, 0.1) is 0 Å². The smallest absolute Gasteiger partial charge is 0.307 e. The van der Waals surface area contributed by atoms with E-state index in [-0.39, 0.29) is 12.0 Å². The Bertz CT molecular complexity index is 389. The first-order chi connectivity index (χ1) is 9.69. The van der Waals surface area contributed by atoms with Crippen molar-refractivity contribution in [1.29, 1.82) is 0 Å². The molecule has 0 spiro atoms. The average molecular weight is 279 g/mol. The van der Waals surface area contributed by atoms with Crippen molar-refractivity contribution in [3.8, 4) is 5.75 Å². The molecule has 20 heavy (non-hydrogen) atoms. The van der Waals surface area contributed by atoms with Crippen LogP contribution in [0.1, 0.15) is 31.7 Å². The number of carbonyl (C=O) groups is 1. The SMILES string of the molecule is CCCCNC(CC(=O)OC)Cc1ccc(OC)cc1. The molecule has 1 rings (SSSR count). The summed E-state index contributed by atoms with van der Waals surface area (Å²) in [5.41, 5.74) is 1.18. The lowest BCUT2D eigenvalue weighted by Crippen LogP contribution is -2.34. The third kappa shape index (κ3) is 6.06. The molecule has 1 aromatic rings. The number of unbranched alkanes of at least 4 members (excludes halogenated alkanes) is 1. The van der Waals surface area contributed by atoms with Crippen molar-refractivity contribution in [3.05, 3.63) is 29.8 Å². The molecule has 4 nitrogen and oxygen atoms in total. The van der Waals surface area contributed by atoms with E-state index in [4.69, 9.17) is 9.47 Å². The highest BCUT2D eigenvalue weighted by atomic mass is 16.5. The van der Waals surface area contributed by atoms with E-state index in [0.29, 0.717) is 6.42 Å². The van der Waals surface area contributed by atoms with Crippen molar-refractivity contribution in [2.45, 2.75) is 38.6 Å². The van der Waals surface area contributed by atoms with Crippen LogP contribution in [0.2, 0.25) is 0 Å². The zero-order valence-electron chi connectivity index (χ0n) is 12.6. The van der Waals surface area contributed by atoms with Gasteiger partial charge in [-0.3, -0.25) is 4.79 Å². The summed E-state index contributed by atoms with van der Waals surface area (Å²) >= 11 is 0. The Labute approximate surface area is 121 Å². The van der Waals surface area contributed by atoms with Crippen molar-refractivity contribution in [3.63, 3.8) is 0 Å². The van der Waals surface area contributed by atoms with Crippen LogP contribution < -0.4 is 10.1 Å². The van der Waals surface area contributed by atoms with E-state index in [1.807, 2.05) is 24.3 Å². The average Bonchev–Trinajstić information content (AvgIpc) is 2.48. The molecule has 1 unspecified atom stereocenters. The number of ether oxygens (including phenoxy) is 2. The molecule has 0 aliphatic carbocycles. The van der Waals surface area contributed by atoms with Crippen LogP contribution in [0.3, 0.4) is 0 Å². The van der Waals surface area contributed by atoms with Gasteiger partial charge in [0.15, 0.2) is 0 Å². The van der Waals surface area contributed by atoms with Crippen molar-refractivity contribution >= 4 is 5.97 Å². The number of esters is 1. The van der Waals surface area contributed by atoms with Crippen molar-refractivity contribution in [1.82, 2.24) is 5.32 Å². The molecule has 0 aromatic heterocycles. The highest BCUT2D eigenvalue weighted by Crippen LogP contribution is 2.14. The van der Waals surface area contributed by atoms with Gasteiger partial charge < -0.3 is 14.8 Å². The third-order valence-corrected chi connectivity index (χ3v) is 3.25. The summed E-state index contributed by atoms with van der Waals surface area (Å²) < 4.78 is 9.91. The Hall–Kier alpha value is -1.55. The molecule has 0 saturated heterocycles. The minimum absolute atomic E-state index is 0.113. The van der Waals surface area contributed by atoms with Gasteiger partial charge in [-0.05, 0) is 37.1 Å². The van der Waals surface area contributed by atoms with Gasteiger partial charge in [0, 0.05) is 6.04 Å². The number of hydrogen-bond donors (Lipinski definition) is 1. The van der Waals surface area contributed by atoms with Crippen molar-refractivity contribution < 1.29 is 14.3 Å². The first-order valence-electron chi connectivity index (χ1n) is 7.12. The molecule has 1 atom stereocenters. The molecule has 0 heterocycles. The van der Waals surface area contributed by atoms with Crippen molar-refractivity contribution in [2.75, 3.05) is 20.8 Å². The molecule has 0 radical (unpaired) electrons. The monoisotopic (exact) mass is 279 g/mol. The number of benzene rings is 1. The summed E-state index contributed by atoms with van der Waals surface area (Å²) in [7, 11) is 3.08. The molecule has 0 saturated carbocycles. The molecule has 0 aliphatic heterocycles. The third-order valence-electron chi connectivity index (χ3n) is 3.25. The zero-order chi connectivity index (χ0) is 14.8. The summed E-state index contributed by atoms with van der Waals surface area (Å²) in [4.78, 5) is 11.5. The summed E-state index contributed by atoms with van der Waals surface area (Å²) in [6.45, 7) is 3.08. The van der Waals surface area contributed by atoms with E-state index in [0.717, 1.165) is 31.6 Å². The number of rotatable bonds is 9. The van der Waals surface area contributed by atoms with Crippen LogP contribution in [0.4, 0.5) is 0 Å². The second-order valence-electron chi connectivity index (χ2n) is 4.84. The van der Waals surface area contributed by atoms with Crippen LogP contribution in [-0.2, 0) is 16.0 Å². The maximum Gasteiger partial charge on any atom is 0.307 e. The standard InChI is InChI=1S/C16H25NO3/c1-4-5-10-17-14(12-16(18)20-3)11-13-6-8-15(19-2)9-7-13/h6-9,14,17H,4-5,10-12H2,1-3H3. The van der Waals surface area contributed by atoms with Gasteiger partial charge in [0.05, 0.1) is 20.6 Å². The number of hydrogen-bond acceptors (Lipinski definition) is 4. The molecule has 0 bridgehead atoms. The van der Waals surface area contributed by atoms with Crippen LogP contribution in [-0.4, -0.2) is 32.8 Å². The van der Waals surface area contributed by atoms with E-state index in [2.05, 4.69) is 12.2 Å². The van der Waals surface area contributed by atoms with Gasteiger partial charge in [0.25, 0.3) is 0 Å². The first-order valence-corrected chi connectivity index (χ1v) is 7.12. The van der Waals surface area contributed by atoms with E-state index >= 15 is 0 Å². The molecule has 1 aromatic carbocycles. The number of carbonyl (C=O) groups excluding carboxylic acids is 1. The number of nitrogens with one attached hydrogen (secondary N) is 1. The Morgan fingerprint density at radius 3 is 2.50 bits per heavy atom. The van der Waals surface area contributed by atoms with E-state index in [9.17, 15) is 4.79 Å². The first kappa shape index (κ1) is 16.5. The summed E-state index contributed by atoms with van der Waals surface area (Å²) in [6.07, 6.45) is 3.45. The minimum atomic E-state index is -0.174. The van der Waals surface area contributed by atoms with Crippen LogP contribution >= 0.6 is 0 Å². The van der Waals surface area contributed by atoms with Crippen LogP contribution in [0.25, 0.3) is 0 Å². The quantitative estimate of drug-likeness (QED) is 0.557. The maximum atomic E-state index is 11.5. The highest BCUT2D eigenvalue weighted by Gasteiger charge is 2.14. The van der Waals surface area contributed by atoms with Gasteiger partial charge in [0.2, 0.25) is 0 Å². The fraction of sp³-hybridized carbons (Fsp3) is 0.562. The van der Waals surface area contributed by atoms with E-state index < -0.39 is 0 Å². The van der Waals surface area contributed by atoms with E-state index in [1.165, 1.54) is 12.7 Å². The van der Waals surface area contributed by atoms with Crippen LogP contribution in [0.15, 0.2) is 24.3 Å². The van der Waals surface area contributed by atoms with Gasteiger partial charge in [-0.15, -0.1) is 0 Å². The normalized spacial score (nSPS) is 11.9. The Kier molecular flexibility index (Phi) is 7.73. The minimum Gasteiger partial charge on any atom is -0.497 e. The van der Waals surface area contributed by atoms with Gasteiger partial charge in [-0.25, -0.2) is 0 Å². The van der Waals surface area contributed by atoms with Gasteiger partial charge in [-0.1, -0.05) is 25.5 Å². The topological polar surface area (TPSA) is 47.6 Å². The van der Waals surface area contributed by atoms with Gasteiger partial charge in [-0.2, -0.15) is 0 Å². The maximum absolute atomic E-state index is 11.5.